The smallest absolute Gasteiger partial charge is 0.244 e. The Kier molecular flexibility index (Phi) is 5.05. The lowest BCUT2D eigenvalue weighted by molar-refractivity contribution is -0.116. The van der Waals surface area contributed by atoms with Crippen molar-refractivity contribution >= 4 is 17.7 Å². The van der Waals surface area contributed by atoms with E-state index in [2.05, 4.69) is 20.2 Å². The monoisotopic (exact) mass is 364 g/mol. The van der Waals surface area contributed by atoms with Crippen LogP contribution in [0.1, 0.15) is 12.0 Å². The Bertz CT molecular complexity index is 812. The first-order chi connectivity index (χ1) is 13.2. The number of aromatic nitrogens is 2. The molecule has 1 aliphatic carbocycles. The highest BCUT2D eigenvalue weighted by atomic mass is 16.5. The van der Waals surface area contributed by atoms with Crippen molar-refractivity contribution < 1.29 is 9.53 Å². The van der Waals surface area contributed by atoms with E-state index in [1.54, 1.807) is 37.9 Å². The van der Waals surface area contributed by atoms with Crippen molar-refractivity contribution in [2.75, 3.05) is 31.6 Å². The number of carbonyl (C=O) groups is 1. The van der Waals surface area contributed by atoms with Crippen molar-refractivity contribution in [1.29, 1.82) is 0 Å². The summed E-state index contributed by atoms with van der Waals surface area (Å²) in [5.41, 5.74) is 2.11. The number of amides is 1. The molecule has 2 unspecified atom stereocenters. The molecule has 0 aromatic carbocycles. The summed E-state index contributed by atoms with van der Waals surface area (Å²) < 4.78 is 5.21. The minimum atomic E-state index is -0.0461. The second-order valence-corrected chi connectivity index (χ2v) is 7.15. The summed E-state index contributed by atoms with van der Waals surface area (Å²) in [6.07, 6.45) is 9.66. The normalized spacial score (nSPS) is 23.3. The van der Waals surface area contributed by atoms with Crippen LogP contribution in [0.5, 0.6) is 5.88 Å². The summed E-state index contributed by atoms with van der Waals surface area (Å²) in [6.45, 7) is 2.89. The fraction of sp³-hybridized carbons (Fsp3) is 0.381. The Balaban J connectivity index is 1.18. The molecule has 1 saturated carbocycles. The molecule has 6 nitrogen and oxygen atoms in total. The first kappa shape index (κ1) is 17.5. The summed E-state index contributed by atoms with van der Waals surface area (Å²) >= 11 is 0. The maximum Gasteiger partial charge on any atom is 0.244 e. The first-order valence-electron chi connectivity index (χ1n) is 9.35. The minimum absolute atomic E-state index is 0.0461. The molecular formula is C21H24N4O2. The number of anilines is 1. The fourth-order valence-electron chi connectivity index (χ4n) is 4.06. The second-order valence-electron chi connectivity index (χ2n) is 7.15. The van der Waals surface area contributed by atoms with Crippen LogP contribution in [0, 0.1) is 17.8 Å². The summed E-state index contributed by atoms with van der Waals surface area (Å²) in [5, 5.41) is 2.99. The molecule has 3 heterocycles. The molecule has 6 heteroatoms. The van der Waals surface area contributed by atoms with Gasteiger partial charge in [-0.25, -0.2) is 4.98 Å². The zero-order valence-corrected chi connectivity index (χ0v) is 15.4. The molecule has 27 heavy (non-hydrogen) atoms. The van der Waals surface area contributed by atoms with Crippen molar-refractivity contribution in [3.8, 4) is 5.88 Å². The van der Waals surface area contributed by atoms with Crippen LogP contribution in [0.2, 0.25) is 0 Å². The average molecular weight is 364 g/mol. The largest absolute Gasteiger partial charge is 0.481 e. The quantitative estimate of drug-likeness (QED) is 0.764. The lowest BCUT2D eigenvalue weighted by Gasteiger charge is -2.22. The van der Waals surface area contributed by atoms with Crippen LogP contribution >= 0.6 is 0 Å². The lowest BCUT2D eigenvalue weighted by Crippen LogP contribution is -2.26. The molecule has 2 aromatic rings. The van der Waals surface area contributed by atoms with Gasteiger partial charge in [-0.15, -0.1) is 0 Å². The topological polar surface area (TPSA) is 67.3 Å². The molecule has 1 amide bonds. The lowest BCUT2D eigenvalue weighted by atomic mass is 10.2. The fourth-order valence-corrected chi connectivity index (χ4v) is 4.06. The van der Waals surface area contributed by atoms with Gasteiger partial charge < -0.3 is 15.0 Å². The highest BCUT2D eigenvalue weighted by Crippen LogP contribution is 2.54. The van der Waals surface area contributed by atoms with Gasteiger partial charge in [0.2, 0.25) is 11.8 Å². The molecule has 140 valence electrons. The molecule has 2 aliphatic rings. The SMILES string of the molecule is COc1cc(N2CC3C(CCNC(=O)/C=C/c4cccnc4)C3C2)ccn1. The Labute approximate surface area is 159 Å². The zero-order valence-electron chi connectivity index (χ0n) is 15.4. The van der Waals surface area contributed by atoms with Crippen molar-refractivity contribution in [2.45, 2.75) is 6.42 Å². The average Bonchev–Trinajstić information content (AvgIpc) is 3.15. The van der Waals surface area contributed by atoms with Crippen LogP contribution in [-0.4, -0.2) is 42.6 Å². The van der Waals surface area contributed by atoms with Gasteiger partial charge in [0, 0.05) is 56.1 Å². The molecule has 1 N–H and O–H groups in total. The highest BCUT2D eigenvalue weighted by molar-refractivity contribution is 5.91. The van der Waals surface area contributed by atoms with Crippen LogP contribution in [0.25, 0.3) is 6.08 Å². The van der Waals surface area contributed by atoms with Gasteiger partial charge in [0.15, 0.2) is 0 Å². The number of hydrogen-bond donors (Lipinski definition) is 1. The number of ether oxygens (including phenoxy) is 1. The number of pyridine rings is 2. The standard InChI is InChI=1S/C21H24N4O2/c1-27-21-11-16(6-9-24-21)25-13-18-17(19(18)14-25)7-10-23-20(26)5-4-15-3-2-8-22-12-15/h2-6,8-9,11-12,17-19H,7,10,13-14H2,1H3,(H,23,26)/b5-4+. The van der Waals surface area contributed by atoms with E-state index in [-0.39, 0.29) is 5.91 Å². The van der Waals surface area contributed by atoms with Gasteiger partial charge in [0.05, 0.1) is 7.11 Å². The van der Waals surface area contributed by atoms with Crippen LogP contribution in [0.3, 0.4) is 0 Å². The van der Waals surface area contributed by atoms with Gasteiger partial charge >= 0.3 is 0 Å². The van der Waals surface area contributed by atoms with E-state index in [0.29, 0.717) is 5.88 Å². The van der Waals surface area contributed by atoms with Gasteiger partial charge in [0.1, 0.15) is 0 Å². The Hall–Kier alpha value is -2.89. The Morgan fingerprint density at radius 1 is 1.33 bits per heavy atom. The van der Waals surface area contributed by atoms with E-state index in [0.717, 1.165) is 49.4 Å². The molecule has 0 bridgehead atoms. The van der Waals surface area contributed by atoms with Crippen LogP contribution < -0.4 is 15.0 Å². The molecule has 0 radical (unpaired) electrons. The molecular weight excluding hydrogens is 340 g/mol. The Morgan fingerprint density at radius 2 is 2.19 bits per heavy atom. The van der Waals surface area contributed by atoms with Crippen LogP contribution in [-0.2, 0) is 4.79 Å². The van der Waals surface area contributed by atoms with Crippen molar-refractivity contribution in [3.63, 3.8) is 0 Å². The molecule has 2 atom stereocenters. The predicted molar refractivity (Wildman–Crippen MR) is 104 cm³/mol. The van der Waals surface area contributed by atoms with Gasteiger partial charge in [-0.05, 0) is 47.9 Å². The van der Waals surface area contributed by atoms with Crippen molar-refractivity contribution in [3.05, 3.63) is 54.5 Å². The molecule has 0 spiro atoms. The minimum Gasteiger partial charge on any atom is -0.481 e. The second kappa shape index (κ2) is 7.78. The van der Waals surface area contributed by atoms with Crippen LogP contribution in [0.4, 0.5) is 5.69 Å². The summed E-state index contributed by atoms with van der Waals surface area (Å²) in [7, 11) is 1.64. The van der Waals surface area contributed by atoms with Gasteiger partial charge in [0.25, 0.3) is 0 Å². The Morgan fingerprint density at radius 3 is 2.93 bits per heavy atom. The van der Waals surface area contributed by atoms with Gasteiger partial charge in [-0.1, -0.05) is 6.07 Å². The van der Waals surface area contributed by atoms with Gasteiger partial charge in [-0.3, -0.25) is 9.78 Å². The summed E-state index contributed by atoms with van der Waals surface area (Å²) in [6, 6.07) is 7.81. The third kappa shape index (κ3) is 4.10. The highest BCUT2D eigenvalue weighted by Gasteiger charge is 2.54. The predicted octanol–water partition coefficient (Wildman–Crippen LogP) is 2.39. The number of piperidine rings is 1. The van der Waals surface area contributed by atoms with E-state index >= 15 is 0 Å². The van der Waals surface area contributed by atoms with Gasteiger partial charge in [-0.2, -0.15) is 0 Å². The number of rotatable bonds is 7. The number of carbonyl (C=O) groups excluding carboxylic acids is 1. The third-order valence-electron chi connectivity index (χ3n) is 5.55. The van der Waals surface area contributed by atoms with E-state index in [1.807, 2.05) is 24.3 Å². The maximum absolute atomic E-state index is 11.9. The first-order valence-corrected chi connectivity index (χ1v) is 9.35. The zero-order chi connectivity index (χ0) is 18.6. The van der Waals surface area contributed by atoms with Crippen molar-refractivity contribution in [2.24, 2.45) is 17.8 Å². The molecule has 1 aliphatic heterocycles. The molecule has 1 saturated heterocycles. The summed E-state index contributed by atoms with van der Waals surface area (Å²) in [4.78, 5) is 22.5. The summed E-state index contributed by atoms with van der Waals surface area (Å²) in [5.74, 6) is 2.83. The van der Waals surface area contributed by atoms with E-state index in [4.69, 9.17) is 4.74 Å². The number of hydrogen-bond acceptors (Lipinski definition) is 5. The maximum atomic E-state index is 11.9. The van der Waals surface area contributed by atoms with E-state index in [1.165, 1.54) is 5.69 Å². The third-order valence-corrected chi connectivity index (χ3v) is 5.55. The van der Waals surface area contributed by atoms with E-state index < -0.39 is 0 Å². The number of nitrogens with one attached hydrogen (secondary N) is 1. The number of nitrogens with zero attached hydrogens (tertiary/aromatic N) is 3. The van der Waals surface area contributed by atoms with E-state index in [9.17, 15) is 4.79 Å². The molecule has 2 fully saturated rings. The number of methoxy groups -OCH3 is 1. The number of fused-ring (bicyclic) bond motifs is 1. The molecule has 4 rings (SSSR count). The van der Waals surface area contributed by atoms with Crippen molar-refractivity contribution in [1.82, 2.24) is 15.3 Å². The van der Waals surface area contributed by atoms with Crippen LogP contribution in [0.15, 0.2) is 48.9 Å². The molecule has 2 aromatic heterocycles.